The Morgan fingerprint density at radius 2 is 1.84 bits per heavy atom. The van der Waals surface area contributed by atoms with Crippen molar-refractivity contribution < 1.29 is 4.74 Å². The number of ether oxygens (including phenoxy) is 1. The Hall–Kier alpha value is -1.33. The van der Waals surface area contributed by atoms with Crippen LogP contribution >= 0.6 is 31.9 Å². The van der Waals surface area contributed by atoms with Gasteiger partial charge in [0.05, 0.1) is 16.2 Å². The maximum absolute atomic E-state index is 6.62. The fraction of sp³-hybridized carbons (Fsp3) is 0.350. The van der Waals surface area contributed by atoms with Gasteiger partial charge in [-0.15, -0.1) is 0 Å². The monoisotopic (exact) mass is 460 g/mol. The van der Waals surface area contributed by atoms with Crippen LogP contribution < -0.4 is 4.74 Å². The first-order valence-corrected chi connectivity index (χ1v) is 10.4. The van der Waals surface area contributed by atoms with Gasteiger partial charge < -0.3 is 4.74 Å². The minimum atomic E-state index is -0.287. The first-order valence-electron chi connectivity index (χ1n) is 8.76. The first-order chi connectivity index (χ1) is 12.2. The number of hydrazone groups is 1. The fourth-order valence-electron chi connectivity index (χ4n) is 4.36. The van der Waals surface area contributed by atoms with E-state index in [0.717, 1.165) is 39.7 Å². The Bertz CT molecular complexity index is 859. The average molecular weight is 462 g/mol. The van der Waals surface area contributed by atoms with Crippen molar-refractivity contribution in [1.82, 2.24) is 5.01 Å². The van der Waals surface area contributed by atoms with Gasteiger partial charge in [-0.25, -0.2) is 5.01 Å². The van der Waals surface area contributed by atoms with Gasteiger partial charge >= 0.3 is 0 Å². The number of benzene rings is 2. The van der Waals surface area contributed by atoms with Gasteiger partial charge in [-0.2, -0.15) is 5.10 Å². The van der Waals surface area contributed by atoms with Gasteiger partial charge in [-0.05, 0) is 46.5 Å². The SMILES string of the molecule is Brc1cc(Br)c2c(c1)[C@H]1CC(c3ccccc3)=NN1C1(CCCC1)O2. The van der Waals surface area contributed by atoms with E-state index in [2.05, 4.69) is 79.3 Å². The molecule has 128 valence electrons. The van der Waals surface area contributed by atoms with Crippen LogP contribution in [0.1, 0.15) is 49.3 Å². The zero-order chi connectivity index (χ0) is 17.0. The van der Waals surface area contributed by atoms with Crippen molar-refractivity contribution in [2.45, 2.75) is 43.9 Å². The Morgan fingerprint density at radius 1 is 1.08 bits per heavy atom. The summed E-state index contributed by atoms with van der Waals surface area (Å²) in [5.41, 5.74) is 3.29. The molecule has 2 aromatic rings. The third kappa shape index (κ3) is 2.47. The van der Waals surface area contributed by atoms with E-state index in [1.807, 2.05) is 0 Å². The lowest BCUT2D eigenvalue weighted by Gasteiger charge is -2.46. The molecule has 0 bridgehead atoms. The zero-order valence-corrected chi connectivity index (χ0v) is 16.9. The van der Waals surface area contributed by atoms with E-state index in [1.54, 1.807) is 0 Å². The molecule has 2 heterocycles. The number of nitrogens with zero attached hydrogens (tertiary/aromatic N) is 2. The summed E-state index contributed by atoms with van der Waals surface area (Å²) in [6, 6.07) is 15.0. The standard InChI is InChI=1S/C20H18Br2N2O/c21-14-10-15-18-12-17(13-6-2-1-3-7-13)23-24(18)20(8-4-5-9-20)25-19(15)16(22)11-14/h1-3,6-7,10-11,18H,4-5,8-9,12H2/t18-/m1/s1. The van der Waals surface area contributed by atoms with Crippen molar-refractivity contribution >= 4 is 37.6 Å². The summed E-state index contributed by atoms with van der Waals surface area (Å²) < 4.78 is 8.71. The van der Waals surface area contributed by atoms with E-state index in [9.17, 15) is 0 Å². The third-order valence-electron chi connectivity index (χ3n) is 5.51. The van der Waals surface area contributed by atoms with Crippen molar-refractivity contribution in [1.29, 1.82) is 0 Å². The molecule has 0 aromatic heterocycles. The third-order valence-corrected chi connectivity index (χ3v) is 6.55. The molecule has 0 unspecified atom stereocenters. The second-order valence-corrected chi connectivity index (χ2v) is 8.81. The predicted octanol–water partition coefficient (Wildman–Crippen LogP) is 6.03. The van der Waals surface area contributed by atoms with Crippen LogP contribution in [0.15, 0.2) is 56.5 Å². The molecule has 5 rings (SSSR count). The van der Waals surface area contributed by atoms with Crippen molar-refractivity contribution in [2.75, 3.05) is 0 Å². The highest BCUT2D eigenvalue weighted by atomic mass is 79.9. The van der Waals surface area contributed by atoms with Gasteiger partial charge in [0.25, 0.3) is 0 Å². The Balaban J connectivity index is 1.65. The molecule has 2 aromatic carbocycles. The van der Waals surface area contributed by atoms with E-state index in [-0.39, 0.29) is 11.8 Å². The summed E-state index contributed by atoms with van der Waals surface area (Å²) in [7, 11) is 0. The van der Waals surface area contributed by atoms with Crippen molar-refractivity contribution in [3.63, 3.8) is 0 Å². The van der Waals surface area contributed by atoms with Crippen LogP contribution in [0, 0.1) is 0 Å². The minimum absolute atomic E-state index is 0.242. The van der Waals surface area contributed by atoms with Gasteiger partial charge in [0.2, 0.25) is 0 Å². The quantitative estimate of drug-likeness (QED) is 0.518. The molecule has 25 heavy (non-hydrogen) atoms. The molecule has 1 aliphatic carbocycles. The van der Waals surface area contributed by atoms with Crippen molar-refractivity contribution in [3.05, 3.63) is 62.5 Å². The maximum atomic E-state index is 6.62. The average Bonchev–Trinajstić information content (AvgIpc) is 3.26. The summed E-state index contributed by atoms with van der Waals surface area (Å²) in [5.74, 6) is 0.996. The Kier molecular flexibility index (Phi) is 3.72. The molecule has 1 spiro atoms. The number of fused-ring (bicyclic) bond motifs is 4. The number of hydrogen-bond acceptors (Lipinski definition) is 3. The molecule has 0 amide bonds. The largest absolute Gasteiger partial charge is 0.465 e. The Morgan fingerprint density at radius 3 is 2.60 bits per heavy atom. The molecule has 0 radical (unpaired) electrons. The number of hydrogen-bond donors (Lipinski definition) is 0. The van der Waals surface area contributed by atoms with Crippen LogP contribution in [0.2, 0.25) is 0 Å². The lowest BCUT2D eigenvalue weighted by Crippen LogP contribution is -2.51. The van der Waals surface area contributed by atoms with Crippen LogP contribution in [0.5, 0.6) is 5.75 Å². The topological polar surface area (TPSA) is 24.8 Å². The smallest absolute Gasteiger partial charge is 0.198 e. The van der Waals surface area contributed by atoms with Crippen molar-refractivity contribution in [3.8, 4) is 5.75 Å². The second-order valence-electron chi connectivity index (χ2n) is 7.04. The molecular weight excluding hydrogens is 444 g/mol. The molecule has 3 aliphatic rings. The molecule has 1 fully saturated rings. The van der Waals surface area contributed by atoms with Crippen LogP contribution in [0.4, 0.5) is 0 Å². The molecule has 2 aliphatic heterocycles. The highest BCUT2D eigenvalue weighted by Gasteiger charge is 2.52. The minimum Gasteiger partial charge on any atom is -0.465 e. The van der Waals surface area contributed by atoms with Gasteiger partial charge in [0, 0.05) is 29.3 Å². The van der Waals surface area contributed by atoms with E-state index < -0.39 is 0 Å². The second kappa shape index (κ2) is 5.85. The van der Waals surface area contributed by atoms with E-state index >= 15 is 0 Å². The molecular formula is C20H18Br2N2O. The van der Waals surface area contributed by atoms with Gasteiger partial charge in [0.1, 0.15) is 5.75 Å². The summed E-state index contributed by atoms with van der Waals surface area (Å²) in [6.07, 6.45) is 5.39. The van der Waals surface area contributed by atoms with Crippen molar-refractivity contribution in [2.24, 2.45) is 5.10 Å². The summed E-state index contributed by atoms with van der Waals surface area (Å²) >= 11 is 7.34. The zero-order valence-electron chi connectivity index (χ0n) is 13.7. The van der Waals surface area contributed by atoms with Crippen LogP contribution in [0.3, 0.4) is 0 Å². The first kappa shape index (κ1) is 15.9. The molecule has 1 atom stereocenters. The van der Waals surface area contributed by atoms with E-state index in [1.165, 1.54) is 24.0 Å². The predicted molar refractivity (Wildman–Crippen MR) is 106 cm³/mol. The lowest BCUT2D eigenvalue weighted by molar-refractivity contribution is -0.114. The van der Waals surface area contributed by atoms with E-state index in [4.69, 9.17) is 9.84 Å². The fourth-order valence-corrected chi connectivity index (χ4v) is 5.70. The Labute approximate surface area is 164 Å². The summed E-state index contributed by atoms with van der Waals surface area (Å²) in [6.45, 7) is 0. The summed E-state index contributed by atoms with van der Waals surface area (Å²) in [4.78, 5) is 0. The van der Waals surface area contributed by atoms with E-state index in [0.29, 0.717) is 0 Å². The van der Waals surface area contributed by atoms with Crippen LogP contribution in [-0.2, 0) is 0 Å². The number of halogens is 2. The molecule has 5 heteroatoms. The molecule has 3 nitrogen and oxygen atoms in total. The van der Waals surface area contributed by atoms with Crippen LogP contribution in [-0.4, -0.2) is 16.4 Å². The number of rotatable bonds is 1. The summed E-state index contributed by atoms with van der Waals surface area (Å²) in [5, 5.41) is 7.34. The van der Waals surface area contributed by atoms with Gasteiger partial charge in [-0.3, -0.25) is 0 Å². The molecule has 1 saturated carbocycles. The van der Waals surface area contributed by atoms with Gasteiger partial charge in [-0.1, -0.05) is 46.3 Å². The van der Waals surface area contributed by atoms with Crippen LogP contribution in [0.25, 0.3) is 0 Å². The lowest BCUT2D eigenvalue weighted by atomic mass is 9.94. The maximum Gasteiger partial charge on any atom is 0.198 e. The van der Waals surface area contributed by atoms with Gasteiger partial charge in [0.15, 0.2) is 5.72 Å². The highest BCUT2D eigenvalue weighted by molar-refractivity contribution is 9.11. The molecule has 0 saturated heterocycles. The highest BCUT2D eigenvalue weighted by Crippen LogP contribution is 2.54. The molecule has 0 N–H and O–H groups in total. The normalized spacial score (nSPS) is 23.2.